The number of rotatable bonds is 1. The SMILES string of the molecule is CN1CCN(C(=O)C2CSCCN2)c2ccccc21. The molecular formula is C14H19N3OS. The summed E-state index contributed by atoms with van der Waals surface area (Å²) in [7, 11) is 2.08. The number of para-hydroxylation sites is 2. The minimum absolute atomic E-state index is 0.0322. The van der Waals surface area contributed by atoms with Gasteiger partial charge in [-0.05, 0) is 12.1 Å². The third-order valence-corrected chi connectivity index (χ3v) is 4.79. The zero-order valence-electron chi connectivity index (χ0n) is 11.1. The molecule has 1 atom stereocenters. The molecule has 102 valence electrons. The van der Waals surface area contributed by atoms with Crippen molar-refractivity contribution in [3.05, 3.63) is 24.3 Å². The highest BCUT2D eigenvalue weighted by atomic mass is 32.2. The molecule has 0 aromatic heterocycles. The van der Waals surface area contributed by atoms with Crippen LogP contribution >= 0.6 is 11.8 Å². The number of nitrogens with one attached hydrogen (secondary N) is 1. The molecule has 0 aliphatic carbocycles. The Kier molecular flexibility index (Phi) is 3.66. The first-order chi connectivity index (χ1) is 9.27. The molecule has 1 saturated heterocycles. The summed E-state index contributed by atoms with van der Waals surface area (Å²) in [6, 6.07) is 8.12. The fraction of sp³-hybridized carbons (Fsp3) is 0.500. The van der Waals surface area contributed by atoms with E-state index in [1.807, 2.05) is 34.9 Å². The summed E-state index contributed by atoms with van der Waals surface area (Å²) in [5, 5.41) is 3.33. The molecule has 19 heavy (non-hydrogen) atoms. The van der Waals surface area contributed by atoms with Crippen LogP contribution in [-0.2, 0) is 4.79 Å². The highest BCUT2D eigenvalue weighted by molar-refractivity contribution is 7.99. The van der Waals surface area contributed by atoms with Crippen LogP contribution in [0.3, 0.4) is 0 Å². The highest BCUT2D eigenvalue weighted by Crippen LogP contribution is 2.32. The van der Waals surface area contributed by atoms with Crippen molar-refractivity contribution in [1.82, 2.24) is 5.32 Å². The van der Waals surface area contributed by atoms with Crippen molar-refractivity contribution in [3.8, 4) is 0 Å². The first-order valence-corrected chi connectivity index (χ1v) is 7.85. The highest BCUT2D eigenvalue weighted by Gasteiger charge is 2.30. The van der Waals surface area contributed by atoms with E-state index in [1.54, 1.807) is 0 Å². The molecular weight excluding hydrogens is 258 g/mol. The van der Waals surface area contributed by atoms with Crippen LogP contribution in [0, 0.1) is 0 Å². The average Bonchev–Trinajstić information content (AvgIpc) is 2.48. The second-order valence-corrected chi connectivity index (χ2v) is 6.13. The van der Waals surface area contributed by atoms with Crippen LogP contribution < -0.4 is 15.1 Å². The molecule has 0 bridgehead atoms. The van der Waals surface area contributed by atoms with Gasteiger partial charge in [0.25, 0.3) is 0 Å². The molecule has 5 heteroatoms. The van der Waals surface area contributed by atoms with E-state index in [0.29, 0.717) is 0 Å². The fourth-order valence-corrected chi connectivity index (χ4v) is 3.57. The molecule has 2 heterocycles. The smallest absolute Gasteiger partial charge is 0.245 e. The predicted octanol–water partition coefficient (Wildman–Crippen LogP) is 1.17. The van der Waals surface area contributed by atoms with Gasteiger partial charge in [-0.25, -0.2) is 0 Å². The van der Waals surface area contributed by atoms with Crippen LogP contribution in [0.5, 0.6) is 0 Å². The van der Waals surface area contributed by atoms with Gasteiger partial charge in [-0.1, -0.05) is 12.1 Å². The number of carbonyl (C=O) groups is 1. The van der Waals surface area contributed by atoms with Gasteiger partial charge in [-0.3, -0.25) is 4.79 Å². The molecule has 2 aliphatic rings. The third kappa shape index (κ3) is 2.44. The maximum absolute atomic E-state index is 12.7. The van der Waals surface area contributed by atoms with E-state index in [9.17, 15) is 4.79 Å². The number of benzene rings is 1. The number of fused-ring (bicyclic) bond motifs is 1. The lowest BCUT2D eigenvalue weighted by Crippen LogP contribution is -2.53. The molecule has 0 spiro atoms. The normalized spacial score (nSPS) is 23.1. The van der Waals surface area contributed by atoms with Crippen LogP contribution in [0.2, 0.25) is 0 Å². The van der Waals surface area contributed by atoms with Crippen molar-refractivity contribution in [2.45, 2.75) is 6.04 Å². The summed E-state index contributed by atoms with van der Waals surface area (Å²) in [5.74, 6) is 2.20. The van der Waals surface area contributed by atoms with Crippen molar-refractivity contribution in [3.63, 3.8) is 0 Å². The number of hydrogen-bond donors (Lipinski definition) is 1. The van der Waals surface area contributed by atoms with Crippen molar-refractivity contribution in [2.24, 2.45) is 0 Å². The second kappa shape index (κ2) is 5.43. The van der Waals surface area contributed by atoms with Crippen molar-refractivity contribution < 1.29 is 4.79 Å². The van der Waals surface area contributed by atoms with Crippen LogP contribution in [0.4, 0.5) is 11.4 Å². The lowest BCUT2D eigenvalue weighted by molar-refractivity contribution is -0.120. The Hall–Kier alpha value is -1.20. The molecule has 0 saturated carbocycles. The van der Waals surface area contributed by atoms with E-state index in [0.717, 1.165) is 42.5 Å². The van der Waals surface area contributed by atoms with Gasteiger partial charge < -0.3 is 15.1 Å². The van der Waals surface area contributed by atoms with Gasteiger partial charge in [-0.15, -0.1) is 0 Å². The lowest BCUT2D eigenvalue weighted by Gasteiger charge is -2.37. The molecule has 1 N–H and O–H groups in total. The Labute approximate surface area is 118 Å². The standard InChI is InChI=1S/C14H19N3OS/c1-16-7-8-17(13-5-3-2-4-12(13)16)14(18)11-10-19-9-6-15-11/h2-5,11,15H,6-10H2,1H3. The first kappa shape index (κ1) is 12.8. The summed E-state index contributed by atoms with van der Waals surface area (Å²) in [4.78, 5) is 16.8. The van der Waals surface area contributed by atoms with Crippen molar-refractivity contribution in [1.29, 1.82) is 0 Å². The summed E-state index contributed by atoms with van der Waals surface area (Å²) in [6.45, 7) is 2.59. The van der Waals surface area contributed by atoms with E-state index in [2.05, 4.69) is 23.3 Å². The Morgan fingerprint density at radius 1 is 1.32 bits per heavy atom. The van der Waals surface area contributed by atoms with Gasteiger partial charge >= 0.3 is 0 Å². The van der Waals surface area contributed by atoms with E-state index in [-0.39, 0.29) is 11.9 Å². The molecule has 1 aromatic carbocycles. The number of anilines is 2. The summed E-state index contributed by atoms with van der Waals surface area (Å²) < 4.78 is 0. The molecule has 1 fully saturated rings. The summed E-state index contributed by atoms with van der Waals surface area (Å²) in [5.41, 5.74) is 2.18. The molecule has 4 nitrogen and oxygen atoms in total. The number of likely N-dealkylation sites (N-methyl/N-ethyl adjacent to an activating group) is 1. The molecule has 1 amide bonds. The number of nitrogens with zero attached hydrogens (tertiary/aromatic N) is 2. The zero-order valence-corrected chi connectivity index (χ0v) is 11.9. The zero-order chi connectivity index (χ0) is 13.2. The number of thioether (sulfide) groups is 1. The summed E-state index contributed by atoms with van der Waals surface area (Å²) in [6.07, 6.45) is 0. The number of amides is 1. The topological polar surface area (TPSA) is 35.6 Å². The minimum atomic E-state index is -0.0322. The predicted molar refractivity (Wildman–Crippen MR) is 81.2 cm³/mol. The molecule has 2 aliphatic heterocycles. The van der Waals surface area contributed by atoms with Crippen molar-refractivity contribution in [2.75, 3.05) is 48.0 Å². The van der Waals surface area contributed by atoms with Crippen LogP contribution in [0.15, 0.2) is 24.3 Å². The van der Waals surface area contributed by atoms with Gasteiger partial charge in [0, 0.05) is 38.2 Å². The first-order valence-electron chi connectivity index (χ1n) is 6.70. The van der Waals surface area contributed by atoms with E-state index < -0.39 is 0 Å². The van der Waals surface area contributed by atoms with Gasteiger partial charge in [0.15, 0.2) is 0 Å². The largest absolute Gasteiger partial charge is 0.371 e. The van der Waals surface area contributed by atoms with Gasteiger partial charge in [0.1, 0.15) is 0 Å². The van der Waals surface area contributed by atoms with Crippen LogP contribution in [0.1, 0.15) is 0 Å². The van der Waals surface area contributed by atoms with Gasteiger partial charge in [0.2, 0.25) is 5.91 Å². The lowest BCUT2D eigenvalue weighted by atomic mass is 10.1. The van der Waals surface area contributed by atoms with E-state index in [4.69, 9.17) is 0 Å². The second-order valence-electron chi connectivity index (χ2n) is 4.98. The quantitative estimate of drug-likeness (QED) is 0.836. The summed E-state index contributed by atoms with van der Waals surface area (Å²) >= 11 is 1.86. The monoisotopic (exact) mass is 277 g/mol. The van der Waals surface area contributed by atoms with Crippen LogP contribution in [0.25, 0.3) is 0 Å². The third-order valence-electron chi connectivity index (χ3n) is 3.73. The van der Waals surface area contributed by atoms with E-state index >= 15 is 0 Å². The van der Waals surface area contributed by atoms with Gasteiger partial charge in [0.05, 0.1) is 17.4 Å². The Balaban J connectivity index is 1.85. The molecule has 3 rings (SSSR count). The molecule has 0 radical (unpaired) electrons. The Morgan fingerprint density at radius 3 is 2.84 bits per heavy atom. The van der Waals surface area contributed by atoms with E-state index in [1.165, 1.54) is 0 Å². The fourth-order valence-electron chi connectivity index (χ4n) is 2.65. The minimum Gasteiger partial charge on any atom is -0.371 e. The van der Waals surface area contributed by atoms with Crippen molar-refractivity contribution >= 4 is 29.0 Å². The molecule has 1 aromatic rings. The number of carbonyl (C=O) groups excluding carboxylic acids is 1. The number of hydrogen-bond acceptors (Lipinski definition) is 4. The van der Waals surface area contributed by atoms with Crippen LogP contribution in [-0.4, -0.2) is 50.1 Å². The Morgan fingerprint density at radius 2 is 2.11 bits per heavy atom. The Bertz CT molecular complexity index is 474. The maximum Gasteiger partial charge on any atom is 0.245 e. The average molecular weight is 277 g/mol. The van der Waals surface area contributed by atoms with Gasteiger partial charge in [-0.2, -0.15) is 11.8 Å². The maximum atomic E-state index is 12.7. The molecule has 1 unspecified atom stereocenters.